The summed E-state index contributed by atoms with van der Waals surface area (Å²) < 4.78 is 0. The van der Waals surface area contributed by atoms with Gasteiger partial charge in [-0.3, -0.25) is 10.2 Å². The molecule has 0 aromatic carbocycles. The Morgan fingerprint density at radius 2 is 1.69 bits per heavy atom. The van der Waals surface area contributed by atoms with E-state index in [9.17, 15) is 9.59 Å². The molecule has 0 aromatic rings. The van der Waals surface area contributed by atoms with Crippen molar-refractivity contribution in [3.63, 3.8) is 0 Å². The lowest BCUT2D eigenvalue weighted by Gasteiger charge is -2.34. The molecule has 0 aliphatic carbocycles. The van der Waals surface area contributed by atoms with Crippen molar-refractivity contribution < 1.29 is 9.59 Å². The van der Waals surface area contributed by atoms with E-state index in [2.05, 4.69) is 5.43 Å². The van der Waals surface area contributed by atoms with Crippen LogP contribution in [0.4, 0.5) is 4.79 Å². The lowest BCUT2D eigenvalue weighted by molar-refractivity contribution is -0.133. The van der Waals surface area contributed by atoms with Crippen LogP contribution in [0.3, 0.4) is 0 Å². The van der Waals surface area contributed by atoms with Crippen molar-refractivity contribution in [2.45, 2.75) is 20.3 Å². The number of nitrogens with one attached hydrogen (secondary N) is 1. The van der Waals surface area contributed by atoms with E-state index in [1.165, 1.54) is 0 Å². The van der Waals surface area contributed by atoms with Gasteiger partial charge in [0.2, 0.25) is 5.91 Å². The molecule has 0 bridgehead atoms. The number of rotatable bonds is 2. The first-order chi connectivity index (χ1) is 7.54. The molecular formula is C10H20N4O2. The standard InChI is InChI=1S/C10H20N4O2/c1-8(2)7-9(15)13-3-5-14(6-4-13)10(16)12-11/h8H,3-7,11H2,1-2H3,(H,12,16). The molecule has 1 fully saturated rings. The highest BCUT2D eigenvalue weighted by atomic mass is 16.2. The Morgan fingerprint density at radius 1 is 1.19 bits per heavy atom. The van der Waals surface area contributed by atoms with Crippen molar-refractivity contribution in [3.8, 4) is 0 Å². The van der Waals surface area contributed by atoms with Crippen LogP contribution in [0.2, 0.25) is 0 Å². The zero-order valence-electron chi connectivity index (χ0n) is 9.90. The maximum absolute atomic E-state index is 11.7. The van der Waals surface area contributed by atoms with Crippen molar-refractivity contribution in [1.29, 1.82) is 0 Å². The van der Waals surface area contributed by atoms with Gasteiger partial charge in [0, 0.05) is 32.6 Å². The lowest BCUT2D eigenvalue weighted by Crippen LogP contribution is -2.54. The number of piperazine rings is 1. The molecule has 3 amide bonds. The summed E-state index contributed by atoms with van der Waals surface area (Å²) in [5.74, 6) is 5.58. The maximum atomic E-state index is 11.7. The number of hydrogen-bond donors (Lipinski definition) is 2. The Bertz CT molecular complexity index is 260. The fourth-order valence-corrected chi connectivity index (χ4v) is 1.73. The van der Waals surface area contributed by atoms with Crippen LogP contribution in [-0.4, -0.2) is 47.9 Å². The first kappa shape index (κ1) is 12.8. The van der Waals surface area contributed by atoms with Gasteiger partial charge in [-0.15, -0.1) is 0 Å². The zero-order chi connectivity index (χ0) is 12.1. The Balaban J connectivity index is 2.37. The first-order valence-electron chi connectivity index (χ1n) is 5.58. The third kappa shape index (κ3) is 3.37. The number of nitrogens with two attached hydrogens (primary N) is 1. The molecule has 0 saturated carbocycles. The molecule has 0 spiro atoms. The van der Waals surface area contributed by atoms with Gasteiger partial charge in [-0.1, -0.05) is 13.8 Å². The molecule has 0 atom stereocenters. The number of carbonyl (C=O) groups is 2. The van der Waals surface area contributed by atoms with Gasteiger partial charge >= 0.3 is 6.03 Å². The quantitative estimate of drug-likeness (QED) is 0.389. The minimum Gasteiger partial charge on any atom is -0.339 e. The summed E-state index contributed by atoms with van der Waals surface area (Å²) in [6, 6.07) is -0.282. The van der Waals surface area contributed by atoms with E-state index in [0.29, 0.717) is 38.5 Å². The fourth-order valence-electron chi connectivity index (χ4n) is 1.73. The van der Waals surface area contributed by atoms with Crippen LogP contribution < -0.4 is 11.3 Å². The third-order valence-corrected chi connectivity index (χ3v) is 2.63. The fraction of sp³-hybridized carbons (Fsp3) is 0.800. The van der Waals surface area contributed by atoms with Crippen LogP contribution in [-0.2, 0) is 4.79 Å². The van der Waals surface area contributed by atoms with E-state index >= 15 is 0 Å². The molecule has 6 heteroatoms. The van der Waals surface area contributed by atoms with Gasteiger partial charge in [-0.2, -0.15) is 0 Å². The summed E-state index contributed by atoms with van der Waals surface area (Å²) in [4.78, 5) is 26.4. The van der Waals surface area contributed by atoms with Gasteiger partial charge in [-0.05, 0) is 5.92 Å². The topological polar surface area (TPSA) is 78.7 Å². The molecule has 1 heterocycles. The average Bonchev–Trinajstić information content (AvgIpc) is 2.27. The summed E-state index contributed by atoms with van der Waals surface area (Å²) in [7, 11) is 0. The van der Waals surface area contributed by atoms with Crippen LogP contribution in [0.15, 0.2) is 0 Å². The van der Waals surface area contributed by atoms with Crippen molar-refractivity contribution in [1.82, 2.24) is 15.2 Å². The van der Waals surface area contributed by atoms with Crippen LogP contribution in [0.1, 0.15) is 20.3 Å². The van der Waals surface area contributed by atoms with Gasteiger partial charge < -0.3 is 9.80 Å². The molecule has 1 aliphatic rings. The van der Waals surface area contributed by atoms with Crippen molar-refractivity contribution in [3.05, 3.63) is 0 Å². The highest BCUT2D eigenvalue weighted by Gasteiger charge is 2.23. The van der Waals surface area contributed by atoms with Crippen molar-refractivity contribution in [2.24, 2.45) is 11.8 Å². The summed E-state index contributed by atoms with van der Waals surface area (Å²) >= 11 is 0. The van der Waals surface area contributed by atoms with Crippen molar-refractivity contribution in [2.75, 3.05) is 26.2 Å². The van der Waals surface area contributed by atoms with Crippen molar-refractivity contribution >= 4 is 11.9 Å². The van der Waals surface area contributed by atoms with Gasteiger partial charge in [0.1, 0.15) is 0 Å². The van der Waals surface area contributed by atoms with Gasteiger partial charge in [0.25, 0.3) is 0 Å². The Morgan fingerprint density at radius 3 is 2.12 bits per heavy atom. The Kier molecular flexibility index (Phi) is 4.54. The highest BCUT2D eigenvalue weighted by Crippen LogP contribution is 2.07. The molecule has 1 rings (SSSR count). The number of hydrazine groups is 1. The summed E-state index contributed by atoms with van der Waals surface area (Å²) in [6.07, 6.45) is 0.573. The predicted octanol–water partition coefficient (Wildman–Crippen LogP) is -0.240. The van der Waals surface area contributed by atoms with E-state index in [1.54, 1.807) is 9.80 Å². The summed E-state index contributed by atoms with van der Waals surface area (Å²) in [5, 5.41) is 0. The normalized spacial score (nSPS) is 16.5. The van der Waals surface area contributed by atoms with Crippen LogP contribution in [0, 0.1) is 5.92 Å². The highest BCUT2D eigenvalue weighted by molar-refractivity contribution is 5.77. The summed E-state index contributed by atoms with van der Waals surface area (Å²) in [6.45, 7) is 6.34. The van der Waals surface area contributed by atoms with Crippen LogP contribution in [0.25, 0.3) is 0 Å². The lowest BCUT2D eigenvalue weighted by atomic mass is 10.1. The van der Waals surface area contributed by atoms with E-state index < -0.39 is 0 Å². The molecule has 0 radical (unpaired) electrons. The number of amides is 3. The Hall–Kier alpha value is -1.30. The number of urea groups is 1. The van der Waals surface area contributed by atoms with E-state index in [-0.39, 0.29) is 11.9 Å². The second-order valence-corrected chi connectivity index (χ2v) is 4.42. The number of nitrogens with zero attached hydrogens (tertiary/aromatic N) is 2. The van der Waals surface area contributed by atoms with Gasteiger partial charge in [0.05, 0.1) is 0 Å². The molecule has 16 heavy (non-hydrogen) atoms. The molecule has 3 N–H and O–H groups in total. The van der Waals surface area contributed by atoms with Crippen LogP contribution in [0.5, 0.6) is 0 Å². The first-order valence-corrected chi connectivity index (χ1v) is 5.58. The average molecular weight is 228 g/mol. The minimum atomic E-state index is -0.282. The second kappa shape index (κ2) is 5.69. The Labute approximate surface area is 95.7 Å². The monoisotopic (exact) mass is 228 g/mol. The molecule has 0 aromatic heterocycles. The maximum Gasteiger partial charge on any atom is 0.331 e. The minimum absolute atomic E-state index is 0.169. The molecular weight excluding hydrogens is 208 g/mol. The van der Waals surface area contributed by atoms with Gasteiger partial charge in [0.15, 0.2) is 0 Å². The van der Waals surface area contributed by atoms with E-state index in [0.717, 1.165) is 0 Å². The number of carbonyl (C=O) groups excluding carboxylic acids is 2. The SMILES string of the molecule is CC(C)CC(=O)N1CCN(C(=O)NN)CC1. The zero-order valence-corrected chi connectivity index (χ0v) is 9.90. The molecule has 6 nitrogen and oxygen atoms in total. The second-order valence-electron chi connectivity index (χ2n) is 4.42. The van der Waals surface area contributed by atoms with E-state index in [1.807, 2.05) is 13.8 Å². The molecule has 0 unspecified atom stereocenters. The third-order valence-electron chi connectivity index (χ3n) is 2.63. The predicted molar refractivity (Wildman–Crippen MR) is 60.3 cm³/mol. The molecule has 1 saturated heterocycles. The van der Waals surface area contributed by atoms with Gasteiger partial charge in [-0.25, -0.2) is 10.6 Å². The number of hydrogen-bond acceptors (Lipinski definition) is 3. The molecule has 1 aliphatic heterocycles. The van der Waals surface area contributed by atoms with Crippen LogP contribution >= 0.6 is 0 Å². The largest absolute Gasteiger partial charge is 0.339 e. The molecule has 92 valence electrons. The van der Waals surface area contributed by atoms with E-state index in [4.69, 9.17) is 5.84 Å². The smallest absolute Gasteiger partial charge is 0.331 e. The summed E-state index contributed by atoms with van der Waals surface area (Å²) in [5.41, 5.74) is 2.09.